The number of hydrogen-bond acceptors (Lipinski definition) is 2. The lowest BCUT2D eigenvalue weighted by Gasteiger charge is -2.13. The Bertz CT molecular complexity index is 864. The summed E-state index contributed by atoms with van der Waals surface area (Å²) in [5.41, 5.74) is 4.68. The Morgan fingerprint density at radius 2 is 1.69 bits per heavy atom. The maximum absolute atomic E-state index is 12.9. The van der Waals surface area contributed by atoms with Gasteiger partial charge in [-0.05, 0) is 48.8 Å². The van der Waals surface area contributed by atoms with Gasteiger partial charge in [0.2, 0.25) is 5.91 Å². The molecule has 1 amide bonds. The summed E-state index contributed by atoms with van der Waals surface area (Å²) >= 11 is 0. The first-order valence-electron chi connectivity index (χ1n) is 9.34. The molecule has 0 radical (unpaired) electrons. The molecule has 1 fully saturated rings. The summed E-state index contributed by atoms with van der Waals surface area (Å²) in [6.45, 7) is 0. The lowest BCUT2D eigenvalue weighted by molar-refractivity contribution is -0.126. The standard InChI is InChI=1S/C23H22N2O/c24-16-25-22-19(13-7-10-17-8-3-1-4-9-17)14-15-20(22)21(23(25)26)18-11-5-2-6-12-18/h1-6,8-9,11-12,20-21H,7,10,13-15H2. The minimum atomic E-state index is -0.197. The zero-order valence-corrected chi connectivity index (χ0v) is 14.8. The lowest BCUT2D eigenvalue weighted by atomic mass is 9.87. The second-order valence-electron chi connectivity index (χ2n) is 7.14. The van der Waals surface area contributed by atoms with Crippen molar-refractivity contribution in [1.82, 2.24) is 4.90 Å². The third-order valence-electron chi connectivity index (χ3n) is 5.65. The van der Waals surface area contributed by atoms with Crippen LogP contribution in [0.4, 0.5) is 0 Å². The molecule has 4 rings (SSSR count). The number of amides is 1. The Morgan fingerprint density at radius 3 is 2.38 bits per heavy atom. The van der Waals surface area contributed by atoms with Crippen LogP contribution in [0.25, 0.3) is 0 Å². The summed E-state index contributed by atoms with van der Waals surface area (Å²) in [5, 5.41) is 9.59. The zero-order valence-electron chi connectivity index (χ0n) is 14.8. The third kappa shape index (κ3) is 2.93. The van der Waals surface area contributed by atoms with Gasteiger partial charge in [-0.3, -0.25) is 4.79 Å². The number of carbonyl (C=O) groups excluding carboxylic acids is 1. The fourth-order valence-corrected chi connectivity index (χ4v) is 4.48. The number of nitriles is 1. The summed E-state index contributed by atoms with van der Waals surface area (Å²) in [6, 6.07) is 20.4. The van der Waals surface area contributed by atoms with E-state index in [1.807, 2.05) is 36.4 Å². The summed E-state index contributed by atoms with van der Waals surface area (Å²) < 4.78 is 0. The van der Waals surface area contributed by atoms with Crippen molar-refractivity contribution in [1.29, 1.82) is 5.26 Å². The van der Waals surface area contributed by atoms with Crippen LogP contribution in [0.2, 0.25) is 0 Å². The van der Waals surface area contributed by atoms with E-state index >= 15 is 0 Å². The van der Waals surface area contributed by atoms with Crippen LogP contribution in [0.1, 0.15) is 42.7 Å². The largest absolute Gasteiger partial charge is 0.273 e. The fourth-order valence-electron chi connectivity index (χ4n) is 4.48. The second-order valence-corrected chi connectivity index (χ2v) is 7.14. The van der Waals surface area contributed by atoms with Crippen molar-refractivity contribution < 1.29 is 4.79 Å². The summed E-state index contributed by atoms with van der Waals surface area (Å²) in [5.74, 6) is -0.0901. The van der Waals surface area contributed by atoms with E-state index in [1.165, 1.54) is 16.0 Å². The Hall–Kier alpha value is -2.86. The van der Waals surface area contributed by atoms with Gasteiger partial charge in [0.1, 0.15) is 0 Å². The second kappa shape index (κ2) is 7.17. The van der Waals surface area contributed by atoms with Crippen molar-refractivity contribution in [3.05, 3.63) is 83.1 Å². The van der Waals surface area contributed by atoms with Crippen LogP contribution in [0.3, 0.4) is 0 Å². The van der Waals surface area contributed by atoms with Gasteiger partial charge >= 0.3 is 0 Å². The van der Waals surface area contributed by atoms with Crippen molar-refractivity contribution in [2.45, 2.75) is 38.0 Å². The first kappa shape index (κ1) is 16.6. The summed E-state index contributed by atoms with van der Waals surface area (Å²) in [6.07, 6.45) is 7.18. The maximum Gasteiger partial charge on any atom is 0.248 e. The Balaban J connectivity index is 1.55. The number of fused-ring (bicyclic) bond motifs is 1. The van der Waals surface area contributed by atoms with Crippen LogP contribution in [0.5, 0.6) is 0 Å². The van der Waals surface area contributed by atoms with E-state index in [1.54, 1.807) is 0 Å². The van der Waals surface area contributed by atoms with E-state index in [2.05, 4.69) is 30.5 Å². The highest BCUT2D eigenvalue weighted by molar-refractivity contribution is 5.91. The van der Waals surface area contributed by atoms with Gasteiger partial charge in [-0.2, -0.15) is 5.26 Å². The van der Waals surface area contributed by atoms with E-state index in [9.17, 15) is 10.1 Å². The van der Waals surface area contributed by atoms with Crippen LogP contribution in [-0.2, 0) is 11.2 Å². The Labute approximate surface area is 154 Å². The van der Waals surface area contributed by atoms with Crippen LogP contribution in [0.15, 0.2) is 71.9 Å². The Morgan fingerprint density at radius 1 is 1.00 bits per heavy atom. The lowest BCUT2D eigenvalue weighted by Crippen LogP contribution is -2.21. The molecule has 26 heavy (non-hydrogen) atoms. The number of benzene rings is 2. The van der Waals surface area contributed by atoms with Crippen molar-refractivity contribution in [2.75, 3.05) is 0 Å². The third-order valence-corrected chi connectivity index (χ3v) is 5.65. The molecule has 0 aromatic heterocycles. The highest BCUT2D eigenvalue weighted by atomic mass is 16.2. The first-order valence-corrected chi connectivity index (χ1v) is 9.34. The predicted octanol–water partition coefficient (Wildman–Crippen LogP) is 4.78. The molecule has 0 spiro atoms. The monoisotopic (exact) mass is 342 g/mol. The number of hydrogen-bond donors (Lipinski definition) is 0. The average Bonchev–Trinajstić information content (AvgIpc) is 3.20. The normalized spacial score (nSPS) is 21.8. The van der Waals surface area contributed by atoms with Gasteiger partial charge < -0.3 is 0 Å². The quantitative estimate of drug-likeness (QED) is 0.734. The molecule has 1 aliphatic carbocycles. The van der Waals surface area contributed by atoms with Gasteiger partial charge in [-0.15, -0.1) is 0 Å². The number of likely N-dealkylation sites (tertiary alicyclic amines) is 1. The van der Waals surface area contributed by atoms with Crippen LogP contribution in [-0.4, -0.2) is 10.8 Å². The van der Waals surface area contributed by atoms with Gasteiger partial charge in [-0.1, -0.05) is 60.7 Å². The van der Waals surface area contributed by atoms with Crippen molar-refractivity contribution in [2.24, 2.45) is 5.92 Å². The molecule has 2 atom stereocenters. The molecule has 1 saturated heterocycles. The molecule has 0 saturated carbocycles. The van der Waals surface area contributed by atoms with Crippen molar-refractivity contribution >= 4 is 5.91 Å². The van der Waals surface area contributed by atoms with Crippen LogP contribution in [0, 0.1) is 17.4 Å². The predicted molar refractivity (Wildman–Crippen MR) is 101 cm³/mol. The van der Waals surface area contributed by atoms with Gasteiger partial charge in [0.05, 0.1) is 5.92 Å². The Kier molecular flexibility index (Phi) is 4.58. The van der Waals surface area contributed by atoms with Gasteiger partial charge in [0, 0.05) is 11.6 Å². The maximum atomic E-state index is 12.9. The first-order chi connectivity index (χ1) is 12.8. The van der Waals surface area contributed by atoms with Crippen molar-refractivity contribution in [3.8, 4) is 6.19 Å². The molecular formula is C23H22N2O. The molecule has 1 aliphatic heterocycles. The average molecular weight is 342 g/mol. The molecular weight excluding hydrogens is 320 g/mol. The molecule has 0 N–H and O–H groups in total. The van der Waals surface area contributed by atoms with E-state index in [0.717, 1.165) is 43.4 Å². The highest BCUT2D eigenvalue weighted by Crippen LogP contribution is 2.50. The molecule has 2 unspecified atom stereocenters. The number of allylic oxidation sites excluding steroid dienone is 2. The molecule has 130 valence electrons. The van der Waals surface area contributed by atoms with Gasteiger partial charge in [0.25, 0.3) is 0 Å². The van der Waals surface area contributed by atoms with E-state index in [4.69, 9.17) is 0 Å². The SMILES string of the molecule is N#CN1C(=O)C(c2ccccc2)C2CCC(CCCc3ccccc3)=C21. The molecule has 0 bridgehead atoms. The van der Waals surface area contributed by atoms with Gasteiger partial charge in [0.15, 0.2) is 6.19 Å². The molecule has 2 aliphatic rings. The molecule has 3 heteroatoms. The summed E-state index contributed by atoms with van der Waals surface area (Å²) in [4.78, 5) is 14.2. The zero-order chi connectivity index (χ0) is 17.9. The fraction of sp³-hybridized carbons (Fsp3) is 0.304. The summed E-state index contributed by atoms with van der Waals surface area (Å²) in [7, 11) is 0. The van der Waals surface area contributed by atoms with E-state index in [0.29, 0.717) is 0 Å². The minimum absolute atomic E-state index is 0.0565. The van der Waals surface area contributed by atoms with Crippen LogP contribution >= 0.6 is 0 Å². The molecule has 1 heterocycles. The number of carbonyl (C=O) groups is 1. The van der Waals surface area contributed by atoms with Gasteiger partial charge in [-0.25, -0.2) is 4.90 Å². The van der Waals surface area contributed by atoms with Crippen LogP contribution < -0.4 is 0 Å². The topological polar surface area (TPSA) is 44.1 Å². The molecule has 2 aromatic carbocycles. The molecule has 2 aromatic rings. The number of aryl methyl sites for hydroxylation is 1. The highest BCUT2D eigenvalue weighted by Gasteiger charge is 2.48. The molecule has 3 nitrogen and oxygen atoms in total. The number of rotatable bonds is 5. The minimum Gasteiger partial charge on any atom is -0.273 e. The smallest absolute Gasteiger partial charge is 0.248 e. The van der Waals surface area contributed by atoms with E-state index in [-0.39, 0.29) is 17.7 Å². The van der Waals surface area contributed by atoms with Crippen molar-refractivity contribution in [3.63, 3.8) is 0 Å². The van der Waals surface area contributed by atoms with E-state index < -0.39 is 0 Å². The number of nitrogens with zero attached hydrogens (tertiary/aromatic N) is 2.